The zero-order chi connectivity index (χ0) is 16.3. The van der Waals surface area contributed by atoms with Gasteiger partial charge in [0.1, 0.15) is 11.6 Å². The first-order chi connectivity index (χ1) is 9.59. The van der Waals surface area contributed by atoms with Crippen molar-refractivity contribution in [1.29, 1.82) is 0 Å². The summed E-state index contributed by atoms with van der Waals surface area (Å²) in [6, 6.07) is 2.94. The Hall–Kier alpha value is -1.05. The smallest absolute Gasteiger partial charge is 0.248 e. The molecule has 0 saturated heterocycles. The van der Waals surface area contributed by atoms with E-state index in [9.17, 15) is 17.2 Å². The second-order valence-electron chi connectivity index (χ2n) is 6.03. The Labute approximate surface area is 124 Å². The van der Waals surface area contributed by atoms with Crippen LogP contribution >= 0.6 is 0 Å². The molecule has 1 aromatic carbocycles. The van der Waals surface area contributed by atoms with Gasteiger partial charge in [0.15, 0.2) is 4.90 Å². The van der Waals surface area contributed by atoms with E-state index in [1.807, 2.05) is 20.8 Å². The number of aliphatic hydroxyl groups excluding tert-OH is 1. The molecule has 0 radical (unpaired) electrons. The molecule has 0 saturated carbocycles. The SMILES string of the molecule is CC(C)(C)CN(CCCO)S(=O)(=O)c1c(F)cccc1F. The molecule has 0 heterocycles. The normalized spacial score (nSPS) is 12.9. The third-order valence-electron chi connectivity index (χ3n) is 2.73. The fourth-order valence-corrected chi connectivity index (χ4v) is 3.73. The van der Waals surface area contributed by atoms with Crippen molar-refractivity contribution in [3.05, 3.63) is 29.8 Å². The maximum Gasteiger partial charge on any atom is 0.248 e. The Bertz CT molecular complexity index is 562. The van der Waals surface area contributed by atoms with Gasteiger partial charge < -0.3 is 5.11 Å². The van der Waals surface area contributed by atoms with Crippen LogP contribution in [0.4, 0.5) is 8.78 Å². The van der Waals surface area contributed by atoms with E-state index in [1.165, 1.54) is 0 Å². The van der Waals surface area contributed by atoms with Crippen molar-refractivity contribution < 1.29 is 22.3 Å². The predicted octanol–water partition coefficient (Wildman–Crippen LogP) is 2.38. The van der Waals surface area contributed by atoms with Crippen LogP contribution in [-0.4, -0.2) is 37.5 Å². The van der Waals surface area contributed by atoms with Crippen LogP contribution < -0.4 is 0 Å². The summed E-state index contributed by atoms with van der Waals surface area (Å²) in [5.41, 5.74) is -0.385. The van der Waals surface area contributed by atoms with Gasteiger partial charge in [0.25, 0.3) is 0 Å². The topological polar surface area (TPSA) is 57.6 Å². The first kappa shape index (κ1) is 18.0. The molecule has 1 aromatic rings. The Kier molecular flexibility index (Phi) is 5.83. The first-order valence-corrected chi connectivity index (χ1v) is 8.08. The van der Waals surface area contributed by atoms with Gasteiger partial charge in [-0.05, 0) is 24.0 Å². The van der Waals surface area contributed by atoms with Gasteiger partial charge in [-0.25, -0.2) is 17.2 Å². The van der Waals surface area contributed by atoms with Crippen LogP contribution in [0.25, 0.3) is 0 Å². The van der Waals surface area contributed by atoms with Gasteiger partial charge in [-0.15, -0.1) is 0 Å². The molecule has 0 bridgehead atoms. The van der Waals surface area contributed by atoms with Crippen LogP contribution in [0.3, 0.4) is 0 Å². The van der Waals surface area contributed by atoms with Crippen LogP contribution in [0.15, 0.2) is 23.1 Å². The molecule has 0 aliphatic rings. The summed E-state index contributed by atoms with van der Waals surface area (Å²) in [4.78, 5) is -0.938. The molecule has 1 rings (SSSR count). The lowest BCUT2D eigenvalue weighted by molar-refractivity contribution is 0.240. The van der Waals surface area contributed by atoms with E-state index in [0.717, 1.165) is 22.5 Å². The minimum Gasteiger partial charge on any atom is -0.396 e. The highest BCUT2D eigenvalue weighted by Gasteiger charge is 2.32. The third kappa shape index (κ3) is 4.72. The van der Waals surface area contributed by atoms with Gasteiger partial charge in [-0.1, -0.05) is 26.8 Å². The molecule has 7 heteroatoms. The van der Waals surface area contributed by atoms with Crippen molar-refractivity contribution in [2.75, 3.05) is 19.7 Å². The molecule has 0 amide bonds. The van der Waals surface area contributed by atoms with Gasteiger partial charge in [0.2, 0.25) is 10.0 Å². The number of hydrogen-bond acceptors (Lipinski definition) is 3. The van der Waals surface area contributed by atoms with Crippen LogP contribution in [0.5, 0.6) is 0 Å². The van der Waals surface area contributed by atoms with E-state index in [4.69, 9.17) is 5.11 Å². The summed E-state index contributed by atoms with van der Waals surface area (Å²) < 4.78 is 53.6. The predicted molar refractivity (Wildman–Crippen MR) is 76.3 cm³/mol. The number of benzene rings is 1. The molecule has 1 N–H and O–H groups in total. The second kappa shape index (κ2) is 6.81. The second-order valence-corrected chi connectivity index (χ2v) is 7.90. The summed E-state index contributed by atoms with van der Waals surface area (Å²) >= 11 is 0. The van der Waals surface area contributed by atoms with E-state index in [2.05, 4.69) is 0 Å². The largest absolute Gasteiger partial charge is 0.396 e. The molecule has 0 spiro atoms. The maximum atomic E-state index is 13.8. The van der Waals surface area contributed by atoms with Gasteiger partial charge in [-0.2, -0.15) is 4.31 Å². The Balaban J connectivity index is 3.26. The summed E-state index contributed by atoms with van der Waals surface area (Å²) in [5, 5.41) is 8.89. The molecular weight excluding hydrogens is 300 g/mol. The van der Waals surface area contributed by atoms with Crippen LogP contribution in [0, 0.1) is 17.0 Å². The number of halogens is 2. The zero-order valence-electron chi connectivity index (χ0n) is 12.4. The van der Waals surface area contributed by atoms with Crippen molar-refractivity contribution in [2.24, 2.45) is 5.41 Å². The highest BCUT2D eigenvalue weighted by atomic mass is 32.2. The zero-order valence-corrected chi connectivity index (χ0v) is 13.3. The minimum absolute atomic E-state index is 0.00385. The number of hydrogen-bond donors (Lipinski definition) is 1. The van der Waals surface area contributed by atoms with Crippen molar-refractivity contribution in [1.82, 2.24) is 4.31 Å². The van der Waals surface area contributed by atoms with Crippen molar-refractivity contribution in [3.8, 4) is 0 Å². The summed E-state index contributed by atoms with van der Waals surface area (Å²) in [6.07, 6.45) is 0.200. The van der Waals surface area contributed by atoms with E-state index in [-0.39, 0.29) is 31.5 Å². The fraction of sp³-hybridized carbons (Fsp3) is 0.571. The number of nitrogens with zero attached hydrogens (tertiary/aromatic N) is 1. The van der Waals surface area contributed by atoms with Crippen LogP contribution in [-0.2, 0) is 10.0 Å². The van der Waals surface area contributed by atoms with E-state index in [0.29, 0.717) is 0 Å². The first-order valence-electron chi connectivity index (χ1n) is 6.64. The number of sulfonamides is 1. The third-order valence-corrected chi connectivity index (χ3v) is 4.63. The van der Waals surface area contributed by atoms with Crippen molar-refractivity contribution >= 4 is 10.0 Å². The molecule has 0 aromatic heterocycles. The molecule has 0 fully saturated rings. The van der Waals surface area contributed by atoms with Crippen molar-refractivity contribution in [3.63, 3.8) is 0 Å². The van der Waals surface area contributed by atoms with Gasteiger partial charge in [0, 0.05) is 19.7 Å². The van der Waals surface area contributed by atoms with Crippen molar-refractivity contribution in [2.45, 2.75) is 32.1 Å². The molecular formula is C14H21F2NO3S. The number of aliphatic hydroxyl groups is 1. The molecule has 21 heavy (non-hydrogen) atoms. The molecule has 0 aliphatic heterocycles. The van der Waals surface area contributed by atoms with Gasteiger partial charge >= 0.3 is 0 Å². The standard InChI is InChI=1S/C14H21F2NO3S/c1-14(2,3)10-17(8-5-9-18)21(19,20)13-11(15)6-4-7-12(13)16/h4,6-7,18H,5,8-10H2,1-3H3. The molecule has 0 aliphatic carbocycles. The van der Waals surface area contributed by atoms with E-state index < -0.39 is 26.6 Å². The van der Waals surface area contributed by atoms with Gasteiger partial charge in [-0.3, -0.25) is 0 Å². The lowest BCUT2D eigenvalue weighted by Gasteiger charge is -2.29. The lowest BCUT2D eigenvalue weighted by Crippen LogP contribution is -2.39. The quantitative estimate of drug-likeness (QED) is 0.875. The molecule has 0 unspecified atom stereocenters. The molecule has 120 valence electrons. The lowest BCUT2D eigenvalue weighted by atomic mass is 9.97. The average molecular weight is 321 g/mol. The highest BCUT2D eigenvalue weighted by Crippen LogP contribution is 2.26. The number of rotatable bonds is 6. The van der Waals surface area contributed by atoms with Crippen LogP contribution in [0.1, 0.15) is 27.2 Å². The average Bonchev–Trinajstić information content (AvgIpc) is 2.32. The highest BCUT2D eigenvalue weighted by molar-refractivity contribution is 7.89. The van der Waals surface area contributed by atoms with Gasteiger partial charge in [0.05, 0.1) is 0 Å². The Morgan fingerprint density at radius 2 is 1.71 bits per heavy atom. The summed E-state index contributed by atoms with van der Waals surface area (Å²) in [7, 11) is -4.30. The monoisotopic (exact) mass is 321 g/mol. The minimum atomic E-state index is -4.30. The maximum absolute atomic E-state index is 13.8. The fourth-order valence-electron chi connectivity index (χ4n) is 1.92. The Morgan fingerprint density at radius 3 is 2.14 bits per heavy atom. The van der Waals surface area contributed by atoms with Crippen LogP contribution in [0.2, 0.25) is 0 Å². The van der Waals surface area contributed by atoms with E-state index in [1.54, 1.807) is 0 Å². The van der Waals surface area contributed by atoms with E-state index >= 15 is 0 Å². The Morgan fingerprint density at radius 1 is 1.19 bits per heavy atom. The molecule has 0 atom stereocenters. The summed E-state index contributed by atoms with van der Waals surface area (Å²) in [5.74, 6) is -2.23. The molecule has 4 nitrogen and oxygen atoms in total. The summed E-state index contributed by atoms with van der Waals surface area (Å²) in [6.45, 7) is 5.38.